The molecular formula is C11H18N2O6S2. The molecule has 0 aliphatic carbocycles. The van der Waals surface area contributed by atoms with Gasteiger partial charge in [-0.15, -0.1) is 0 Å². The van der Waals surface area contributed by atoms with Crippen molar-refractivity contribution < 1.29 is 26.4 Å². The van der Waals surface area contributed by atoms with Crippen LogP contribution >= 0.6 is 0 Å². The summed E-state index contributed by atoms with van der Waals surface area (Å²) in [6.07, 6.45) is -0.482. The Balaban J connectivity index is 5.65. The summed E-state index contributed by atoms with van der Waals surface area (Å²) in [7, 11) is -8.12. The highest BCUT2D eigenvalue weighted by Gasteiger charge is 2.39. The normalized spacial score (nSPS) is 16.4. The molecule has 120 valence electrons. The third-order valence-electron chi connectivity index (χ3n) is 2.92. The Hall–Kier alpha value is -1.68. The van der Waals surface area contributed by atoms with E-state index in [9.17, 15) is 26.4 Å². The number of amides is 2. The minimum atomic E-state index is -4.07. The van der Waals surface area contributed by atoms with Crippen molar-refractivity contribution in [2.75, 3.05) is 0 Å². The molecule has 0 spiro atoms. The van der Waals surface area contributed by atoms with E-state index >= 15 is 0 Å². The van der Waals surface area contributed by atoms with Crippen LogP contribution in [0.1, 0.15) is 13.3 Å². The first-order valence-electron chi connectivity index (χ1n) is 5.72. The second-order valence-electron chi connectivity index (χ2n) is 4.44. The molecule has 10 heteroatoms. The van der Waals surface area contributed by atoms with Gasteiger partial charge in [0.1, 0.15) is 10.5 Å². The fraction of sp³-hybridized carbons (Fsp3) is 0.455. The molecule has 0 saturated carbocycles. The molecule has 0 bridgehead atoms. The number of rotatable bonds is 9. The van der Waals surface area contributed by atoms with Crippen LogP contribution < -0.4 is 11.5 Å². The van der Waals surface area contributed by atoms with Crippen molar-refractivity contribution in [2.24, 2.45) is 17.4 Å². The first-order chi connectivity index (χ1) is 9.40. The standard InChI is InChI=1S/C11H18N2O6S2/c1-4-20(16,17)8(10(12)14)6-7(3)9(11(13)15)21(18,19)5-2/h4-5,7-9H,1-2,6H2,3H3,(H2,12,14)(H2,13,15). The van der Waals surface area contributed by atoms with E-state index in [1.54, 1.807) is 0 Å². The lowest BCUT2D eigenvalue weighted by Crippen LogP contribution is -2.44. The Bertz CT molecular complexity index is 650. The molecule has 2 amide bonds. The van der Waals surface area contributed by atoms with Gasteiger partial charge < -0.3 is 11.5 Å². The Morgan fingerprint density at radius 3 is 1.71 bits per heavy atom. The molecule has 0 aromatic heterocycles. The molecule has 0 radical (unpaired) electrons. The molecule has 4 N–H and O–H groups in total. The van der Waals surface area contributed by atoms with E-state index in [-0.39, 0.29) is 0 Å². The minimum absolute atomic E-state index is 0.482. The molecule has 0 heterocycles. The summed E-state index contributed by atoms with van der Waals surface area (Å²) >= 11 is 0. The van der Waals surface area contributed by atoms with Crippen molar-refractivity contribution in [3.63, 3.8) is 0 Å². The number of sulfone groups is 2. The molecular weight excluding hydrogens is 320 g/mol. The molecule has 0 aliphatic heterocycles. The van der Waals surface area contributed by atoms with Crippen molar-refractivity contribution in [3.8, 4) is 0 Å². The Morgan fingerprint density at radius 2 is 1.43 bits per heavy atom. The number of hydrogen-bond acceptors (Lipinski definition) is 6. The van der Waals surface area contributed by atoms with E-state index < -0.39 is 54.3 Å². The zero-order chi connectivity index (χ0) is 17.0. The highest BCUT2D eigenvalue weighted by molar-refractivity contribution is 7.96. The van der Waals surface area contributed by atoms with Crippen LogP contribution in [0.25, 0.3) is 0 Å². The molecule has 8 nitrogen and oxygen atoms in total. The smallest absolute Gasteiger partial charge is 0.236 e. The lowest BCUT2D eigenvalue weighted by atomic mass is 10.0. The Kier molecular flexibility index (Phi) is 6.30. The van der Waals surface area contributed by atoms with Crippen molar-refractivity contribution >= 4 is 31.5 Å². The quantitative estimate of drug-likeness (QED) is 0.540. The summed E-state index contributed by atoms with van der Waals surface area (Å²) in [5.41, 5.74) is 10.1. The molecule has 21 heavy (non-hydrogen) atoms. The van der Waals surface area contributed by atoms with Crippen LogP contribution in [-0.2, 0) is 29.3 Å². The Labute approximate surface area is 123 Å². The third-order valence-corrected chi connectivity index (χ3v) is 6.47. The molecule has 3 unspecified atom stereocenters. The van der Waals surface area contributed by atoms with Gasteiger partial charge in [-0.05, 0) is 12.3 Å². The zero-order valence-electron chi connectivity index (χ0n) is 11.4. The highest BCUT2D eigenvalue weighted by atomic mass is 32.2. The van der Waals surface area contributed by atoms with Gasteiger partial charge in [-0.1, -0.05) is 20.1 Å². The van der Waals surface area contributed by atoms with E-state index in [1.165, 1.54) is 6.92 Å². The maximum absolute atomic E-state index is 11.7. The number of nitrogens with two attached hydrogens (primary N) is 2. The fourth-order valence-electron chi connectivity index (χ4n) is 1.86. The summed E-state index contributed by atoms with van der Waals surface area (Å²) in [6, 6.07) is 0. The topological polar surface area (TPSA) is 154 Å². The van der Waals surface area contributed by atoms with Crippen molar-refractivity contribution in [2.45, 2.75) is 23.8 Å². The van der Waals surface area contributed by atoms with Crippen LogP contribution in [0.2, 0.25) is 0 Å². The maximum Gasteiger partial charge on any atom is 0.236 e. The summed E-state index contributed by atoms with van der Waals surface area (Å²) < 4.78 is 46.9. The molecule has 0 fully saturated rings. The SMILES string of the molecule is C=CS(=O)(=O)C(CC(C)C(C(N)=O)S(=O)(=O)C=C)C(N)=O. The molecule has 0 aromatic rings. The van der Waals surface area contributed by atoms with Gasteiger partial charge in [-0.25, -0.2) is 16.8 Å². The second-order valence-corrected chi connectivity index (χ2v) is 8.54. The molecule has 3 atom stereocenters. The molecule has 0 aliphatic rings. The number of carbonyl (C=O) groups is 2. The fourth-order valence-corrected chi connectivity index (χ4v) is 4.28. The van der Waals surface area contributed by atoms with Gasteiger partial charge in [-0.3, -0.25) is 9.59 Å². The van der Waals surface area contributed by atoms with Crippen LogP contribution in [0, 0.1) is 5.92 Å². The average Bonchev–Trinajstić information content (AvgIpc) is 2.34. The third kappa shape index (κ3) is 4.67. The summed E-state index contributed by atoms with van der Waals surface area (Å²) in [6.45, 7) is 7.42. The maximum atomic E-state index is 11.7. The van der Waals surface area contributed by atoms with Crippen LogP contribution in [-0.4, -0.2) is 39.1 Å². The molecule has 0 aromatic carbocycles. The van der Waals surface area contributed by atoms with Gasteiger partial charge >= 0.3 is 0 Å². The van der Waals surface area contributed by atoms with Gasteiger partial charge in [0.05, 0.1) is 0 Å². The zero-order valence-corrected chi connectivity index (χ0v) is 13.1. The monoisotopic (exact) mass is 338 g/mol. The van der Waals surface area contributed by atoms with Crippen LogP contribution in [0.4, 0.5) is 0 Å². The molecule has 0 rings (SSSR count). The van der Waals surface area contributed by atoms with Crippen LogP contribution in [0.15, 0.2) is 24.0 Å². The van der Waals surface area contributed by atoms with Crippen LogP contribution in [0.5, 0.6) is 0 Å². The van der Waals surface area contributed by atoms with Gasteiger partial charge in [-0.2, -0.15) is 0 Å². The van der Waals surface area contributed by atoms with Gasteiger partial charge in [0.15, 0.2) is 19.7 Å². The van der Waals surface area contributed by atoms with Crippen molar-refractivity contribution in [1.29, 1.82) is 0 Å². The highest BCUT2D eigenvalue weighted by Crippen LogP contribution is 2.22. The summed E-state index contributed by atoms with van der Waals surface area (Å²) in [5.74, 6) is -3.39. The summed E-state index contributed by atoms with van der Waals surface area (Å²) in [5, 5.41) is -2.28. The lowest BCUT2D eigenvalue weighted by Gasteiger charge is -2.22. The van der Waals surface area contributed by atoms with Crippen molar-refractivity contribution in [3.05, 3.63) is 24.0 Å². The van der Waals surface area contributed by atoms with Crippen molar-refractivity contribution in [1.82, 2.24) is 0 Å². The number of carbonyl (C=O) groups excluding carboxylic acids is 2. The average molecular weight is 338 g/mol. The van der Waals surface area contributed by atoms with Gasteiger partial charge in [0.25, 0.3) is 0 Å². The lowest BCUT2D eigenvalue weighted by molar-refractivity contribution is -0.120. The molecule has 0 saturated heterocycles. The number of hydrogen-bond donors (Lipinski definition) is 2. The second kappa shape index (κ2) is 6.85. The van der Waals surface area contributed by atoms with Gasteiger partial charge in [0.2, 0.25) is 11.8 Å². The van der Waals surface area contributed by atoms with Gasteiger partial charge in [0, 0.05) is 10.8 Å². The minimum Gasteiger partial charge on any atom is -0.369 e. The first-order valence-corrected chi connectivity index (χ1v) is 8.94. The number of primary amides is 2. The Morgan fingerprint density at radius 1 is 1.00 bits per heavy atom. The summed E-state index contributed by atoms with van der Waals surface area (Å²) in [4.78, 5) is 22.6. The predicted octanol–water partition coefficient (Wildman–Crippen LogP) is -1.16. The van der Waals surface area contributed by atoms with E-state index in [0.717, 1.165) is 0 Å². The van der Waals surface area contributed by atoms with Crippen LogP contribution in [0.3, 0.4) is 0 Å². The van der Waals surface area contributed by atoms with E-state index in [4.69, 9.17) is 11.5 Å². The largest absolute Gasteiger partial charge is 0.369 e. The van der Waals surface area contributed by atoms with E-state index in [1.807, 2.05) is 0 Å². The van der Waals surface area contributed by atoms with E-state index in [0.29, 0.717) is 10.8 Å². The van der Waals surface area contributed by atoms with E-state index in [2.05, 4.69) is 13.2 Å². The first kappa shape index (κ1) is 19.3. The predicted molar refractivity (Wildman–Crippen MR) is 78.0 cm³/mol.